The Morgan fingerprint density at radius 3 is 2.66 bits per heavy atom. The van der Waals surface area contributed by atoms with Gasteiger partial charge in [-0.15, -0.1) is 0 Å². The topological polar surface area (TPSA) is 112 Å². The molecule has 0 atom stereocenters. The summed E-state index contributed by atoms with van der Waals surface area (Å²) in [5.74, 6) is -0.770. The van der Waals surface area contributed by atoms with E-state index in [0.717, 1.165) is 16.7 Å². The van der Waals surface area contributed by atoms with Crippen molar-refractivity contribution in [2.75, 3.05) is 46.6 Å². The van der Waals surface area contributed by atoms with Crippen LogP contribution in [0.2, 0.25) is 0 Å². The normalized spacial score (nSPS) is 17.6. The van der Waals surface area contributed by atoms with Gasteiger partial charge in [-0.25, -0.2) is 10.0 Å². The highest BCUT2D eigenvalue weighted by Gasteiger charge is 2.32. The van der Waals surface area contributed by atoms with Crippen molar-refractivity contribution in [3.8, 4) is 11.5 Å². The average molecular weight is 451 g/mol. The molecule has 0 amide bonds. The van der Waals surface area contributed by atoms with E-state index in [-0.39, 0.29) is 47.3 Å². The van der Waals surface area contributed by atoms with Crippen LogP contribution in [0.15, 0.2) is 11.6 Å². The van der Waals surface area contributed by atoms with Gasteiger partial charge in [0.1, 0.15) is 38.4 Å². The number of aromatic hydroxyl groups is 1. The van der Waals surface area contributed by atoms with Crippen LogP contribution >= 0.6 is 0 Å². The third-order valence-corrected chi connectivity index (χ3v) is 6.14. The number of nitrogens with zero attached hydrogens (tertiary/aromatic N) is 1. The number of ether oxygens (including phenoxy) is 4. The number of carbonyl (C=O) groups excluding carboxylic acids is 2. The number of rotatable bonds is 9. The highest BCUT2D eigenvalue weighted by atomic mass is 16.6. The van der Waals surface area contributed by atoms with Crippen molar-refractivity contribution >= 4 is 11.9 Å². The van der Waals surface area contributed by atoms with Gasteiger partial charge in [-0.2, -0.15) is 4.65 Å². The summed E-state index contributed by atoms with van der Waals surface area (Å²) in [7, 11) is 1.45. The van der Waals surface area contributed by atoms with E-state index in [2.05, 4.69) is 0 Å². The molecule has 2 aliphatic rings. The molecule has 0 saturated carbocycles. The van der Waals surface area contributed by atoms with Gasteiger partial charge in [0.15, 0.2) is 11.5 Å². The van der Waals surface area contributed by atoms with Crippen LogP contribution in [0.3, 0.4) is 0 Å². The van der Waals surface area contributed by atoms with Gasteiger partial charge < -0.3 is 24.1 Å². The summed E-state index contributed by atoms with van der Waals surface area (Å²) in [4.78, 5) is 24.0. The van der Waals surface area contributed by atoms with Crippen molar-refractivity contribution in [3.05, 3.63) is 33.9 Å². The number of methoxy groups -OCH3 is 1. The first-order valence-corrected chi connectivity index (χ1v) is 10.8. The van der Waals surface area contributed by atoms with Gasteiger partial charge in [0.05, 0.1) is 20.3 Å². The Hall–Kier alpha value is -2.62. The number of phenols is 1. The number of phenolic OH excluding ortho intramolecular Hbond substituents is 1. The maximum absolute atomic E-state index is 12.1. The molecule has 2 heterocycles. The number of hydroxylamine groups is 3. The molecule has 3 rings (SSSR count). The maximum atomic E-state index is 12.1. The van der Waals surface area contributed by atoms with E-state index in [1.807, 2.05) is 19.9 Å². The molecule has 1 saturated heterocycles. The highest BCUT2D eigenvalue weighted by Crippen LogP contribution is 2.42. The largest absolute Gasteiger partial charge is 0.504 e. The lowest BCUT2D eigenvalue weighted by molar-refractivity contribution is -1.11. The molecule has 32 heavy (non-hydrogen) atoms. The van der Waals surface area contributed by atoms with Crippen molar-refractivity contribution in [1.29, 1.82) is 0 Å². The number of carbonyl (C=O) groups is 2. The molecule has 1 aromatic carbocycles. The first kappa shape index (κ1) is 24.0. The number of benzene rings is 1. The smallest absolute Gasteiger partial charge is 0.342 e. The van der Waals surface area contributed by atoms with E-state index in [9.17, 15) is 19.9 Å². The van der Waals surface area contributed by atoms with Crippen LogP contribution in [-0.4, -0.2) is 73.5 Å². The molecular formula is C23H32NO8+. The lowest BCUT2D eigenvalue weighted by Gasteiger charge is -2.32. The van der Waals surface area contributed by atoms with Crippen LogP contribution < -0.4 is 4.74 Å². The molecule has 2 N–H and O–H groups in total. The molecule has 0 aromatic heterocycles. The second-order valence-electron chi connectivity index (χ2n) is 8.27. The minimum absolute atomic E-state index is 0.127. The number of fused-ring (bicyclic) bond motifs is 1. The first-order valence-electron chi connectivity index (χ1n) is 10.8. The quantitative estimate of drug-likeness (QED) is 0.335. The predicted molar refractivity (Wildman–Crippen MR) is 114 cm³/mol. The molecule has 1 aromatic rings. The van der Waals surface area contributed by atoms with Crippen LogP contribution in [-0.2, 0) is 32.0 Å². The summed E-state index contributed by atoms with van der Waals surface area (Å²) < 4.78 is 20.8. The fraction of sp³-hybridized carbons (Fsp3) is 0.565. The molecule has 176 valence electrons. The number of quaternary nitrogens is 1. The Morgan fingerprint density at radius 1 is 1.25 bits per heavy atom. The Balaban J connectivity index is 1.53. The molecule has 0 spiro atoms. The summed E-state index contributed by atoms with van der Waals surface area (Å²) in [6.07, 6.45) is 3.23. The number of morpholine rings is 1. The predicted octanol–water partition coefficient (Wildman–Crippen LogP) is 2.43. The SMILES string of the molecule is COc1c(O)c2c(c(C)c1C/C=C(\C)CCC(=O)OCC[N+]1(O)CCOCC1)COC2=O. The Morgan fingerprint density at radius 2 is 1.97 bits per heavy atom. The molecular weight excluding hydrogens is 418 g/mol. The summed E-state index contributed by atoms with van der Waals surface area (Å²) in [5.41, 5.74) is 3.49. The third kappa shape index (κ3) is 5.40. The van der Waals surface area contributed by atoms with Crippen molar-refractivity contribution in [2.45, 2.75) is 39.7 Å². The second kappa shape index (κ2) is 10.3. The molecule has 9 nitrogen and oxygen atoms in total. The van der Waals surface area contributed by atoms with Gasteiger partial charge in [0.2, 0.25) is 0 Å². The van der Waals surface area contributed by atoms with E-state index in [1.165, 1.54) is 7.11 Å². The van der Waals surface area contributed by atoms with Crippen LogP contribution in [0.4, 0.5) is 0 Å². The zero-order chi connectivity index (χ0) is 23.3. The zero-order valence-corrected chi connectivity index (χ0v) is 18.9. The van der Waals surface area contributed by atoms with Crippen LogP contribution in [0.25, 0.3) is 0 Å². The van der Waals surface area contributed by atoms with E-state index in [0.29, 0.717) is 51.3 Å². The monoisotopic (exact) mass is 450 g/mol. The number of allylic oxidation sites excluding steroid dienone is 2. The molecule has 0 radical (unpaired) electrons. The minimum atomic E-state index is -0.543. The number of hydrogen-bond donors (Lipinski definition) is 2. The fourth-order valence-corrected chi connectivity index (χ4v) is 4.00. The third-order valence-electron chi connectivity index (χ3n) is 6.14. The first-order chi connectivity index (χ1) is 15.3. The van der Waals surface area contributed by atoms with Gasteiger partial charge in [0, 0.05) is 17.5 Å². The standard InChI is InChI=1S/C23H31NO8/c1-15(5-7-19(25)31-13-10-24(28)8-11-30-12-9-24)4-6-17-16(2)18-14-32-23(27)20(18)21(26)22(17)29-3/h4,28H,5-14H2,1-3H3/p+1/b15-4+. The van der Waals surface area contributed by atoms with Crippen molar-refractivity contribution in [3.63, 3.8) is 0 Å². The molecule has 1 fully saturated rings. The lowest BCUT2D eigenvalue weighted by Crippen LogP contribution is -2.54. The Bertz CT molecular complexity index is 902. The molecule has 9 heteroatoms. The zero-order valence-electron chi connectivity index (χ0n) is 18.9. The number of esters is 2. The van der Waals surface area contributed by atoms with Gasteiger partial charge in [-0.3, -0.25) is 4.79 Å². The van der Waals surface area contributed by atoms with E-state index >= 15 is 0 Å². The van der Waals surface area contributed by atoms with E-state index < -0.39 is 5.97 Å². The van der Waals surface area contributed by atoms with Crippen molar-refractivity contribution < 1.29 is 43.5 Å². The average Bonchev–Trinajstić information content (AvgIpc) is 3.16. The maximum Gasteiger partial charge on any atom is 0.342 e. The summed E-state index contributed by atoms with van der Waals surface area (Å²) in [5, 5.41) is 20.8. The van der Waals surface area contributed by atoms with E-state index in [4.69, 9.17) is 18.9 Å². The van der Waals surface area contributed by atoms with Gasteiger partial charge in [-0.1, -0.05) is 11.6 Å². The minimum Gasteiger partial charge on any atom is -0.504 e. The van der Waals surface area contributed by atoms with Gasteiger partial charge >= 0.3 is 11.9 Å². The highest BCUT2D eigenvalue weighted by molar-refractivity contribution is 5.98. The van der Waals surface area contributed by atoms with Gasteiger partial charge in [-0.05, 0) is 32.3 Å². The van der Waals surface area contributed by atoms with E-state index in [1.54, 1.807) is 0 Å². The summed E-state index contributed by atoms with van der Waals surface area (Å²) in [6.45, 7) is 6.48. The molecule has 0 unspecified atom stereocenters. The molecule has 0 bridgehead atoms. The van der Waals surface area contributed by atoms with Crippen LogP contribution in [0, 0.1) is 6.92 Å². The molecule has 0 aliphatic carbocycles. The summed E-state index contributed by atoms with van der Waals surface area (Å²) >= 11 is 0. The van der Waals surface area contributed by atoms with Crippen molar-refractivity contribution in [1.82, 2.24) is 0 Å². The van der Waals surface area contributed by atoms with Crippen LogP contribution in [0.5, 0.6) is 11.5 Å². The van der Waals surface area contributed by atoms with Gasteiger partial charge in [0.25, 0.3) is 0 Å². The fourth-order valence-electron chi connectivity index (χ4n) is 4.00. The summed E-state index contributed by atoms with van der Waals surface area (Å²) in [6, 6.07) is 0. The van der Waals surface area contributed by atoms with Crippen LogP contribution in [0.1, 0.15) is 46.8 Å². The Labute approximate surface area is 187 Å². The Kier molecular flexibility index (Phi) is 7.76. The van der Waals surface area contributed by atoms with Crippen molar-refractivity contribution in [2.24, 2.45) is 0 Å². The second-order valence-corrected chi connectivity index (χ2v) is 8.27. The lowest BCUT2D eigenvalue weighted by atomic mass is 9.93. The molecule has 2 aliphatic heterocycles. The number of hydrogen-bond acceptors (Lipinski definition) is 8. The number of cyclic esters (lactones) is 1.